The summed E-state index contributed by atoms with van der Waals surface area (Å²) in [7, 11) is 2.04. The Bertz CT molecular complexity index is 430. The zero-order chi connectivity index (χ0) is 13.2. The normalized spacial score (nSPS) is 34.3. The van der Waals surface area contributed by atoms with E-state index in [1.54, 1.807) is 6.08 Å². The molecule has 1 aliphatic carbocycles. The summed E-state index contributed by atoms with van der Waals surface area (Å²) in [6.07, 6.45) is 10.1. The largest absolute Gasteiger partial charge is 0.346 e. The number of piperidine rings is 1. The van der Waals surface area contributed by atoms with Crippen molar-refractivity contribution in [2.75, 3.05) is 0 Å². The lowest BCUT2D eigenvalue weighted by Crippen LogP contribution is -2.39. The van der Waals surface area contributed by atoms with E-state index in [2.05, 4.69) is 25.1 Å². The van der Waals surface area contributed by atoms with E-state index in [0.29, 0.717) is 11.5 Å². The number of likely N-dealkylation sites (tertiary alicyclic amines) is 1. The second-order valence-corrected chi connectivity index (χ2v) is 5.20. The Morgan fingerprint density at radius 1 is 1.50 bits per heavy atom. The summed E-state index contributed by atoms with van der Waals surface area (Å²) in [5.41, 5.74) is 1.15. The second kappa shape index (κ2) is 4.97. The summed E-state index contributed by atoms with van der Waals surface area (Å²) in [6.45, 7) is 9.49. The molecule has 3 atom stereocenters. The van der Waals surface area contributed by atoms with Crippen LogP contribution in [0, 0.1) is 5.41 Å². The van der Waals surface area contributed by atoms with Gasteiger partial charge in [0.15, 0.2) is 0 Å². The van der Waals surface area contributed by atoms with Crippen LogP contribution in [0.2, 0.25) is 0 Å². The summed E-state index contributed by atoms with van der Waals surface area (Å²) >= 11 is 0. The lowest BCUT2D eigenvalue weighted by molar-refractivity contribution is -0.118. The van der Waals surface area contributed by atoms with Gasteiger partial charge in [0.25, 0.3) is 0 Å². The van der Waals surface area contributed by atoms with Crippen molar-refractivity contribution in [2.45, 2.75) is 31.7 Å². The number of carbonyl (C=O) groups excluding carboxylic acids is 1. The molecule has 1 aliphatic heterocycles. The van der Waals surface area contributed by atoms with E-state index in [9.17, 15) is 4.79 Å². The van der Waals surface area contributed by atoms with Crippen molar-refractivity contribution in [2.24, 2.45) is 10.4 Å². The molecule has 0 bridgehead atoms. The Labute approximate surface area is 109 Å². The van der Waals surface area contributed by atoms with Crippen LogP contribution in [-0.2, 0) is 4.79 Å². The molecule has 4 heteroatoms. The molecule has 18 heavy (non-hydrogen) atoms. The fourth-order valence-electron chi connectivity index (χ4n) is 2.79. The van der Waals surface area contributed by atoms with E-state index in [4.69, 9.17) is 0 Å². The number of carbonyl (C=O) groups is 1. The molecule has 0 aromatic carbocycles. The first-order chi connectivity index (χ1) is 8.64. The molecule has 1 saturated carbocycles. The summed E-state index contributed by atoms with van der Waals surface area (Å²) in [4.78, 5) is 17.3. The van der Waals surface area contributed by atoms with Gasteiger partial charge in [-0.15, -0.1) is 0 Å². The molecular formula is C14H18BN2O. The maximum absolute atomic E-state index is 11.2. The smallest absolute Gasteiger partial charge is 0.209 e. The average molecular weight is 241 g/mol. The monoisotopic (exact) mass is 241 g/mol. The fraction of sp³-hybridized carbons (Fsp3) is 0.429. The lowest BCUT2D eigenvalue weighted by atomic mass is 9.62. The molecule has 2 rings (SSSR count). The molecule has 1 radical (unpaired) electrons. The Balaban J connectivity index is 2.06. The van der Waals surface area contributed by atoms with Crippen LogP contribution in [0.25, 0.3) is 0 Å². The third-order valence-corrected chi connectivity index (χ3v) is 3.85. The number of amides is 1. The van der Waals surface area contributed by atoms with Crippen molar-refractivity contribution in [1.82, 2.24) is 4.90 Å². The molecule has 0 aromatic heterocycles. The number of fused-ring (bicyclic) bond motifs is 1. The highest BCUT2D eigenvalue weighted by molar-refractivity contribution is 6.79. The molecule has 0 N–H and O–H groups in total. The van der Waals surface area contributed by atoms with Gasteiger partial charge in [0.2, 0.25) is 13.7 Å². The third-order valence-electron chi connectivity index (χ3n) is 3.85. The van der Waals surface area contributed by atoms with E-state index >= 15 is 0 Å². The van der Waals surface area contributed by atoms with E-state index in [0.717, 1.165) is 24.9 Å². The molecule has 1 saturated heterocycles. The van der Waals surface area contributed by atoms with Crippen molar-refractivity contribution >= 4 is 19.3 Å². The zero-order valence-corrected chi connectivity index (χ0v) is 10.7. The molecule has 3 nitrogen and oxygen atoms in total. The molecule has 0 spiro atoms. The average Bonchev–Trinajstić information content (AvgIpc) is 2.91. The van der Waals surface area contributed by atoms with E-state index in [1.165, 1.54) is 6.20 Å². The number of rotatable bonds is 6. The summed E-state index contributed by atoms with van der Waals surface area (Å²) in [5.74, 6) is 0.152. The van der Waals surface area contributed by atoms with E-state index in [-0.39, 0.29) is 5.94 Å². The van der Waals surface area contributed by atoms with Crippen LogP contribution in [0.15, 0.2) is 42.6 Å². The molecule has 2 fully saturated rings. The minimum absolute atomic E-state index is 0.152. The minimum atomic E-state index is 0.152. The van der Waals surface area contributed by atoms with Crippen molar-refractivity contribution in [3.05, 3.63) is 37.6 Å². The van der Waals surface area contributed by atoms with E-state index < -0.39 is 0 Å². The summed E-state index contributed by atoms with van der Waals surface area (Å²) in [5, 5.41) is 0. The van der Waals surface area contributed by atoms with Gasteiger partial charge in [0, 0.05) is 18.2 Å². The molecule has 1 heterocycles. The Hall–Kier alpha value is -1.58. The maximum Gasteiger partial charge on any atom is 0.209 e. The van der Waals surface area contributed by atoms with Crippen LogP contribution in [0.1, 0.15) is 19.8 Å². The molecule has 1 amide bonds. The quantitative estimate of drug-likeness (QED) is 0.303. The minimum Gasteiger partial charge on any atom is -0.346 e. The van der Waals surface area contributed by atoms with Crippen molar-refractivity contribution in [3.63, 3.8) is 0 Å². The standard InChI is InChI=1S/C14H18BN2O/c1-4-6-7-12(16-5-2)15-13-9-14(3)8-11(14)17(13)10-18/h4-7,10-11,13H,1-2,8-9H2,3H3/b7-6-,16-12?/t11-,13+,14-/m1/s1. The van der Waals surface area contributed by atoms with Gasteiger partial charge in [-0.05, 0) is 23.9 Å². The molecule has 0 aromatic rings. The fourth-order valence-corrected chi connectivity index (χ4v) is 2.79. The number of hydrogen-bond donors (Lipinski definition) is 0. The van der Waals surface area contributed by atoms with Crippen molar-refractivity contribution < 1.29 is 4.79 Å². The van der Waals surface area contributed by atoms with Crippen LogP contribution in [-0.4, -0.2) is 36.2 Å². The van der Waals surface area contributed by atoms with Crippen molar-refractivity contribution in [3.8, 4) is 0 Å². The number of hydrogen-bond acceptors (Lipinski definition) is 2. The molecule has 93 valence electrons. The molecular weight excluding hydrogens is 223 g/mol. The topological polar surface area (TPSA) is 32.7 Å². The molecule has 2 aliphatic rings. The number of allylic oxidation sites excluding steroid dienone is 3. The van der Waals surface area contributed by atoms with Crippen LogP contribution < -0.4 is 0 Å². The Morgan fingerprint density at radius 3 is 2.89 bits per heavy atom. The highest BCUT2D eigenvalue weighted by Crippen LogP contribution is 2.58. The van der Waals surface area contributed by atoms with Crippen LogP contribution in [0.3, 0.4) is 0 Å². The van der Waals surface area contributed by atoms with Crippen LogP contribution >= 0.6 is 0 Å². The Kier molecular flexibility index (Phi) is 3.55. The van der Waals surface area contributed by atoms with Crippen LogP contribution in [0.4, 0.5) is 0 Å². The van der Waals surface area contributed by atoms with Gasteiger partial charge in [0.1, 0.15) is 0 Å². The first-order valence-electron chi connectivity index (χ1n) is 6.20. The summed E-state index contributed by atoms with van der Waals surface area (Å²) < 4.78 is 0. The highest BCUT2D eigenvalue weighted by Gasteiger charge is 2.61. The maximum atomic E-state index is 11.2. The van der Waals surface area contributed by atoms with E-state index in [1.807, 2.05) is 24.3 Å². The highest BCUT2D eigenvalue weighted by atomic mass is 16.1. The van der Waals surface area contributed by atoms with Gasteiger partial charge in [-0.25, -0.2) is 0 Å². The zero-order valence-electron chi connectivity index (χ0n) is 10.7. The number of nitrogens with zero attached hydrogens (tertiary/aromatic N) is 2. The molecule has 0 unspecified atom stereocenters. The Morgan fingerprint density at radius 2 is 2.28 bits per heavy atom. The summed E-state index contributed by atoms with van der Waals surface area (Å²) in [6, 6.07) is 0.421. The SMILES string of the molecule is C=C/C=C\C([B][C@@H]1C[C@@]2(C)C[C@H]2N1C=O)=NC=C. The lowest BCUT2D eigenvalue weighted by Gasteiger charge is -2.22. The second-order valence-electron chi connectivity index (χ2n) is 5.20. The third kappa shape index (κ3) is 2.33. The number of aliphatic imine (C=N–C) groups is 1. The van der Waals surface area contributed by atoms with Gasteiger partial charge in [-0.1, -0.05) is 38.3 Å². The van der Waals surface area contributed by atoms with Crippen molar-refractivity contribution in [1.29, 1.82) is 0 Å². The predicted octanol–water partition coefficient (Wildman–Crippen LogP) is 1.94. The van der Waals surface area contributed by atoms with Crippen LogP contribution in [0.5, 0.6) is 0 Å². The van der Waals surface area contributed by atoms with Gasteiger partial charge >= 0.3 is 0 Å². The van der Waals surface area contributed by atoms with Gasteiger partial charge in [0.05, 0.1) is 0 Å². The first-order valence-corrected chi connectivity index (χ1v) is 6.20. The van der Waals surface area contributed by atoms with Gasteiger partial charge < -0.3 is 4.90 Å². The predicted molar refractivity (Wildman–Crippen MR) is 75.5 cm³/mol. The first kappa shape index (κ1) is 12.9. The van der Waals surface area contributed by atoms with Gasteiger partial charge in [-0.3, -0.25) is 9.79 Å². The van der Waals surface area contributed by atoms with Gasteiger partial charge in [-0.2, -0.15) is 0 Å².